The van der Waals surface area contributed by atoms with Gasteiger partial charge in [-0.05, 0) is 61.5 Å². The Bertz CT molecular complexity index is 962. The average molecular weight is 407 g/mol. The van der Waals surface area contributed by atoms with Crippen molar-refractivity contribution in [2.75, 3.05) is 13.1 Å². The summed E-state index contributed by atoms with van der Waals surface area (Å²) in [4.78, 5) is 23.6. The highest BCUT2D eigenvalue weighted by Crippen LogP contribution is 2.25. The van der Waals surface area contributed by atoms with Crippen LogP contribution in [0.15, 0.2) is 67.0 Å². The van der Waals surface area contributed by atoms with E-state index in [2.05, 4.69) is 40.6 Å². The van der Waals surface area contributed by atoms with Gasteiger partial charge >= 0.3 is 5.97 Å². The Kier molecular flexibility index (Phi) is 7.34. The smallest absolute Gasteiger partial charge is 0.337 e. The van der Waals surface area contributed by atoms with Crippen molar-refractivity contribution in [1.29, 1.82) is 0 Å². The first kappa shape index (κ1) is 21.3. The van der Waals surface area contributed by atoms with Crippen molar-refractivity contribution >= 4 is 11.7 Å². The molecule has 7 nitrogen and oxygen atoms in total. The first-order valence-corrected chi connectivity index (χ1v) is 9.94. The lowest BCUT2D eigenvalue weighted by Gasteiger charge is -2.22. The lowest BCUT2D eigenvalue weighted by molar-refractivity contribution is -0.384. The quantitative estimate of drug-likeness (QED) is 0.426. The SMILES string of the molecule is O=C(O)c1c[nH]cc1-c1ccc([N+](=O)[O-])cc1.c1ccc(CC2CCNCC2)cc1. The number of rotatable bonds is 5. The molecule has 0 spiro atoms. The maximum atomic E-state index is 10.9. The molecule has 1 saturated heterocycles. The third-order valence-corrected chi connectivity index (χ3v) is 5.19. The standard InChI is InChI=1S/C12H17N.C11H8N2O4/c1-2-4-11(5-3-1)10-12-6-8-13-9-7-12;14-11(15)10-6-12-5-9(10)7-1-3-8(4-2-7)13(16)17/h1-5,12-13H,6-10H2;1-6,12H,(H,14,15). The molecular formula is C23H25N3O4. The van der Waals surface area contributed by atoms with Gasteiger partial charge in [0.25, 0.3) is 5.69 Å². The van der Waals surface area contributed by atoms with Crippen LogP contribution in [-0.2, 0) is 6.42 Å². The molecule has 0 aliphatic carbocycles. The predicted molar refractivity (Wildman–Crippen MR) is 116 cm³/mol. The van der Waals surface area contributed by atoms with Crippen molar-refractivity contribution in [3.05, 3.63) is 88.2 Å². The van der Waals surface area contributed by atoms with Crippen LogP contribution in [0.4, 0.5) is 5.69 Å². The van der Waals surface area contributed by atoms with Crippen molar-refractivity contribution < 1.29 is 14.8 Å². The highest BCUT2D eigenvalue weighted by atomic mass is 16.6. The van der Waals surface area contributed by atoms with Gasteiger partial charge in [-0.15, -0.1) is 0 Å². The normalized spacial score (nSPS) is 13.9. The second-order valence-corrected chi connectivity index (χ2v) is 7.27. The lowest BCUT2D eigenvalue weighted by atomic mass is 9.91. The van der Waals surface area contributed by atoms with Crippen molar-refractivity contribution in [2.45, 2.75) is 19.3 Å². The Labute approximate surface area is 174 Å². The number of H-pyrrole nitrogens is 1. The van der Waals surface area contributed by atoms with Gasteiger partial charge in [-0.25, -0.2) is 4.79 Å². The molecule has 4 rings (SSSR count). The minimum atomic E-state index is -1.04. The molecule has 0 atom stereocenters. The molecule has 2 heterocycles. The summed E-state index contributed by atoms with van der Waals surface area (Å²) in [5.41, 5.74) is 2.73. The van der Waals surface area contributed by atoms with Gasteiger partial charge in [0.2, 0.25) is 0 Å². The maximum Gasteiger partial charge on any atom is 0.337 e. The van der Waals surface area contributed by atoms with Gasteiger partial charge in [-0.1, -0.05) is 30.3 Å². The Balaban J connectivity index is 0.000000177. The number of aromatic amines is 1. The number of nitro benzene ring substituents is 1. The second kappa shape index (κ2) is 10.4. The van der Waals surface area contributed by atoms with Gasteiger partial charge in [0.15, 0.2) is 0 Å². The predicted octanol–water partition coefficient (Wildman–Crippen LogP) is 4.52. The van der Waals surface area contributed by atoms with Gasteiger partial charge in [0.05, 0.1) is 10.5 Å². The zero-order valence-electron chi connectivity index (χ0n) is 16.6. The topological polar surface area (TPSA) is 108 Å². The van der Waals surface area contributed by atoms with E-state index in [0.717, 1.165) is 5.92 Å². The maximum absolute atomic E-state index is 10.9. The molecule has 1 aliphatic rings. The summed E-state index contributed by atoms with van der Waals surface area (Å²) >= 11 is 0. The third-order valence-electron chi connectivity index (χ3n) is 5.19. The van der Waals surface area contributed by atoms with E-state index in [1.54, 1.807) is 6.20 Å². The molecule has 3 N–H and O–H groups in total. The van der Waals surface area contributed by atoms with Crippen LogP contribution in [0, 0.1) is 16.0 Å². The second-order valence-electron chi connectivity index (χ2n) is 7.27. The zero-order valence-corrected chi connectivity index (χ0v) is 16.6. The van der Waals surface area contributed by atoms with Crippen LogP contribution in [0.25, 0.3) is 11.1 Å². The Morgan fingerprint density at radius 2 is 1.70 bits per heavy atom. The van der Waals surface area contributed by atoms with Crippen molar-refractivity contribution in [3.63, 3.8) is 0 Å². The number of aromatic carboxylic acids is 1. The number of nitrogens with zero attached hydrogens (tertiary/aromatic N) is 1. The third kappa shape index (κ3) is 5.78. The monoisotopic (exact) mass is 407 g/mol. The number of nitro groups is 1. The fourth-order valence-electron chi connectivity index (χ4n) is 3.58. The molecule has 0 radical (unpaired) electrons. The molecule has 1 fully saturated rings. The number of nitrogens with one attached hydrogen (secondary N) is 2. The molecule has 30 heavy (non-hydrogen) atoms. The summed E-state index contributed by atoms with van der Waals surface area (Å²) in [6, 6.07) is 16.6. The van der Waals surface area contributed by atoms with Crippen LogP contribution in [0.5, 0.6) is 0 Å². The molecule has 0 unspecified atom stereocenters. The molecule has 0 saturated carbocycles. The molecule has 156 valence electrons. The molecule has 1 aromatic heterocycles. The van der Waals surface area contributed by atoms with E-state index in [0.29, 0.717) is 11.1 Å². The number of carbonyl (C=O) groups is 1. The van der Waals surface area contributed by atoms with E-state index in [1.807, 2.05) is 0 Å². The number of carboxylic acids is 1. The lowest BCUT2D eigenvalue weighted by Crippen LogP contribution is -2.28. The summed E-state index contributed by atoms with van der Waals surface area (Å²) in [7, 11) is 0. The number of hydrogen-bond donors (Lipinski definition) is 3. The number of piperidine rings is 1. The summed E-state index contributed by atoms with van der Waals surface area (Å²) in [5.74, 6) is -0.136. The van der Waals surface area contributed by atoms with Gasteiger partial charge in [-0.2, -0.15) is 0 Å². The van der Waals surface area contributed by atoms with E-state index in [1.165, 1.54) is 68.4 Å². The van der Waals surface area contributed by atoms with Gasteiger partial charge in [0, 0.05) is 30.1 Å². The largest absolute Gasteiger partial charge is 0.478 e. The van der Waals surface area contributed by atoms with Crippen LogP contribution in [0.1, 0.15) is 28.8 Å². The van der Waals surface area contributed by atoms with E-state index in [-0.39, 0.29) is 11.3 Å². The van der Waals surface area contributed by atoms with E-state index >= 15 is 0 Å². The molecule has 0 amide bonds. The number of benzene rings is 2. The van der Waals surface area contributed by atoms with Crippen molar-refractivity contribution in [1.82, 2.24) is 10.3 Å². The first-order valence-electron chi connectivity index (χ1n) is 9.94. The Morgan fingerprint density at radius 1 is 1.03 bits per heavy atom. The molecule has 1 aliphatic heterocycles. The summed E-state index contributed by atoms with van der Waals surface area (Å²) in [6.07, 6.45) is 6.87. The average Bonchev–Trinajstić information content (AvgIpc) is 3.26. The van der Waals surface area contributed by atoms with Crippen LogP contribution < -0.4 is 5.32 Å². The molecule has 7 heteroatoms. The van der Waals surface area contributed by atoms with E-state index < -0.39 is 10.9 Å². The highest BCUT2D eigenvalue weighted by molar-refractivity contribution is 5.95. The summed E-state index contributed by atoms with van der Waals surface area (Å²) in [6.45, 7) is 2.41. The number of hydrogen-bond acceptors (Lipinski definition) is 4. The van der Waals surface area contributed by atoms with Crippen LogP contribution in [-0.4, -0.2) is 34.1 Å². The number of aromatic nitrogens is 1. The minimum Gasteiger partial charge on any atom is -0.478 e. The highest BCUT2D eigenvalue weighted by Gasteiger charge is 2.14. The number of carboxylic acid groups (broad SMARTS) is 1. The van der Waals surface area contributed by atoms with Gasteiger partial charge in [-0.3, -0.25) is 10.1 Å². The fraction of sp³-hybridized carbons (Fsp3) is 0.261. The van der Waals surface area contributed by atoms with E-state index in [9.17, 15) is 14.9 Å². The molecule has 0 bridgehead atoms. The zero-order chi connectivity index (χ0) is 21.3. The van der Waals surface area contributed by atoms with Crippen LogP contribution >= 0.6 is 0 Å². The van der Waals surface area contributed by atoms with Crippen molar-refractivity contribution in [2.24, 2.45) is 5.92 Å². The Hall–Kier alpha value is -3.45. The van der Waals surface area contributed by atoms with Gasteiger partial charge in [0.1, 0.15) is 0 Å². The first-order chi connectivity index (χ1) is 14.5. The van der Waals surface area contributed by atoms with E-state index in [4.69, 9.17) is 5.11 Å². The van der Waals surface area contributed by atoms with Crippen LogP contribution in [0.2, 0.25) is 0 Å². The van der Waals surface area contributed by atoms with Crippen molar-refractivity contribution in [3.8, 4) is 11.1 Å². The fourth-order valence-corrected chi connectivity index (χ4v) is 3.58. The van der Waals surface area contributed by atoms with Gasteiger partial charge < -0.3 is 15.4 Å². The minimum absolute atomic E-state index is 0.0267. The molecule has 2 aromatic carbocycles. The number of non-ortho nitro benzene ring substituents is 1. The summed E-state index contributed by atoms with van der Waals surface area (Å²) in [5, 5.41) is 22.8. The molecular weight excluding hydrogens is 382 g/mol. The summed E-state index contributed by atoms with van der Waals surface area (Å²) < 4.78 is 0. The molecule has 3 aromatic rings. The van der Waals surface area contributed by atoms with Crippen LogP contribution in [0.3, 0.4) is 0 Å². The Morgan fingerprint density at radius 3 is 2.30 bits per heavy atom.